The van der Waals surface area contributed by atoms with Gasteiger partial charge in [-0.05, 0) is 54.8 Å². The standard InChI is InChI=1S/C23H23FO4S/c1-17-3-13-22(14-4-17)29(26,27)28-16-15-23(2,25)20-9-5-18(6-10-20)19-7-11-21(24)12-8-19/h3-14,25H,15-16H2,1-2H3. The monoisotopic (exact) mass is 414 g/mol. The molecule has 0 saturated carbocycles. The molecule has 152 valence electrons. The Labute approximate surface area is 170 Å². The molecule has 3 aromatic carbocycles. The Morgan fingerprint density at radius 3 is 1.97 bits per heavy atom. The smallest absolute Gasteiger partial charge is 0.296 e. The van der Waals surface area contributed by atoms with Crippen molar-refractivity contribution < 1.29 is 22.1 Å². The minimum absolute atomic E-state index is 0.0893. The molecule has 0 bridgehead atoms. The molecule has 1 atom stereocenters. The van der Waals surface area contributed by atoms with Crippen LogP contribution in [0, 0.1) is 12.7 Å². The fourth-order valence-corrected chi connectivity index (χ4v) is 3.84. The summed E-state index contributed by atoms with van der Waals surface area (Å²) in [6.45, 7) is 3.33. The summed E-state index contributed by atoms with van der Waals surface area (Å²) >= 11 is 0. The lowest BCUT2D eigenvalue weighted by molar-refractivity contribution is 0.0344. The predicted molar refractivity (Wildman–Crippen MR) is 110 cm³/mol. The summed E-state index contributed by atoms with van der Waals surface area (Å²) in [7, 11) is -3.87. The van der Waals surface area contributed by atoms with Crippen LogP contribution in [0.15, 0.2) is 77.7 Å². The van der Waals surface area contributed by atoms with Gasteiger partial charge in [0.25, 0.3) is 10.1 Å². The molecule has 0 saturated heterocycles. The Morgan fingerprint density at radius 2 is 1.41 bits per heavy atom. The predicted octanol–water partition coefficient (Wildman–Crippen LogP) is 4.80. The van der Waals surface area contributed by atoms with E-state index in [-0.39, 0.29) is 23.7 Å². The van der Waals surface area contributed by atoms with Gasteiger partial charge in [0.15, 0.2) is 0 Å². The highest BCUT2D eigenvalue weighted by Crippen LogP contribution is 2.28. The third-order valence-electron chi connectivity index (χ3n) is 4.82. The summed E-state index contributed by atoms with van der Waals surface area (Å²) < 4.78 is 42.7. The summed E-state index contributed by atoms with van der Waals surface area (Å²) in [5.74, 6) is -0.297. The average molecular weight is 414 g/mol. The number of aliphatic hydroxyl groups is 1. The zero-order valence-corrected chi connectivity index (χ0v) is 17.1. The molecule has 3 rings (SSSR count). The SMILES string of the molecule is Cc1ccc(S(=O)(=O)OCCC(C)(O)c2ccc(-c3ccc(F)cc3)cc2)cc1. The van der Waals surface area contributed by atoms with Crippen LogP contribution in [0.3, 0.4) is 0 Å². The van der Waals surface area contributed by atoms with E-state index in [4.69, 9.17) is 4.18 Å². The number of benzene rings is 3. The van der Waals surface area contributed by atoms with E-state index in [1.807, 2.05) is 19.1 Å². The average Bonchev–Trinajstić information content (AvgIpc) is 2.69. The third kappa shape index (κ3) is 5.29. The molecule has 0 aliphatic carbocycles. The van der Waals surface area contributed by atoms with Crippen molar-refractivity contribution in [1.29, 1.82) is 0 Å². The topological polar surface area (TPSA) is 63.6 Å². The van der Waals surface area contributed by atoms with E-state index in [1.165, 1.54) is 24.3 Å². The third-order valence-corrected chi connectivity index (χ3v) is 6.15. The molecular weight excluding hydrogens is 391 g/mol. The van der Waals surface area contributed by atoms with Crippen molar-refractivity contribution in [2.45, 2.75) is 30.8 Å². The van der Waals surface area contributed by atoms with Gasteiger partial charge in [-0.3, -0.25) is 4.18 Å². The lowest BCUT2D eigenvalue weighted by Gasteiger charge is -2.24. The van der Waals surface area contributed by atoms with Crippen molar-refractivity contribution in [3.05, 3.63) is 89.7 Å². The van der Waals surface area contributed by atoms with Crippen LogP contribution in [-0.2, 0) is 19.9 Å². The summed E-state index contributed by atoms with van der Waals surface area (Å²) in [5, 5.41) is 10.8. The van der Waals surface area contributed by atoms with Crippen molar-refractivity contribution in [2.75, 3.05) is 6.61 Å². The minimum Gasteiger partial charge on any atom is -0.385 e. The Balaban J connectivity index is 1.64. The highest BCUT2D eigenvalue weighted by Gasteiger charge is 2.25. The molecule has 0 aliphatic rings. The first-order chi connectivity index (χ1) is 13.7. The quantitative estimate of drug-likeness (QED) is 0.564. The van der Waals surface area contributed by atoms with Crippen LogP contribution in [0.4, 0.5) is 4.39 Å². The molecule has 1 N–H and O–H groups in total. The summed E-state index contributed by atoms with van der Waals surface area (Å²) in [4.78, 5) is 0.0893. The van der Waals surface area contributed by atoms with Crippen molar-refractivity contribution in [3.8, 4) is 11.1 Å². The van der Waals surface area contributed by atoms with Gasteiger partial charge >= 0.3 is 0 Å². The molecule has 0 spiro atoms. The second-order valence-electron chi connectivity index (χ2n) is 7.20. The van der Waals surface area contributed by atoms with E-state index in [9.17, 15) is 17.9 Å². The van der Waals surface area contributed by atoms with Crippen LogP contribution in [0.2, 0.25) is 0 Å². The van der Waals surface area contributed by atoms with Crippen LogP contribution in [0.25, 0.3) is 11.1 Å². The highest BCUT2D eigenvalue weighted by atomic mass is 32.2. The normalized spacial score (nSPS) is 13.8. The van der Waals surface area contributed by atoms with Gasteiger partial charge in [0.05, 0.1) is 17.1 Å². The van der Waals surface area contributed by atoms with Crippen molar-refractivity contribution in [3.63, 3.8) is 0 Å². The van der Waals surface area contributed by atoms with Gasteiger partial charge in [0.2, 0.25) is 0 Å². The van der Waals surface area contributed by atoms with Crippen molar-refractivity contribution >= 4 is 10.1 Å². The first kappa shape index (κ1) is 21.2. The molecule has 3 aromatic rings. The van der Waals surface area contributed by atoms with Crippen LogP contribution < -0.4 is 0 Å². The molecule has 0 amide bonds. The Kier molecular flexibility index (Phi) is 6.17. The first-order valence-electron chi connectivity index (χ1n) is 9.22. The highest BCUT2D eigenvalue weighted by molar-refractivity contribution is 7.86. The van der Waals surface area contributed by atoms with Crippen LogP contribution in [-0.4, -0.2) is 20.1 Å². The van der Waals surface area contributed by atoms with Crippen molar-refractivity contribution in [2.24, 2.45) is 0 Å². The maximum absolute atomic E-state index is 13.1. The number of rotatable bonds is 7. The molecule has 0 radical (unpaired) electrons. The largest absolute Gasteiger partial charge is 0.385 e. The zero-order valence-electron chi connectivity index (χ0n) is 16.3. The maximum atomic E-state index is 13.1. The maximum Gasteiger partial charge on any atom is 0.296 e. The molecule has 0 fully saturated rings. The van der Waals surface area contributed by atoms with Gasteiger partial charge in [0.1, 0.15) is 5.82 Å². The van der Waals surface area contributed by atoms with Gasteiger partial charge in [-0.2, -0.15) is 8.42 Å². The molecule has 4 nitrogen and oxygen atoms in total. The van der Waals surface area contributed by atoms with E-state index >= 15 is 0 Å². The summed E-state index contributed by atoms with van der Waals surface area (Å²) in [6.07, 6.45) is 0.105. The summed E-state index contributed by atoms with van der Waals surface area (Å²) in [5.41, 5.74) is 2.09. The molecule has 0 heterocycles. The van der Waals surface area contributed by atoms with Gasteiger partial charge < -0.3 is 5.11 Å². The van der Waals surface area contributed by atoms with Gasteiger partial charge in [-0.15, -0.1) is 0 Å². The van der Waals surface area contributed by atoms with Crippen LogP contribution >= 0.6 is 0 Å². The Hall–Kier alpha value is -2.54. The zero-order chi connectivity index (χ0) is 21.1. The van der Waals surface area contributed by atoms with Crippen LogP contribution in [0.1, 0.15) is 24.5 Å². The van der Waals surface area contributed by atoms with E-state index in [1.54, 1.807) is 43.3 Å². The van der Waals surface area contributed by atoms with E-state index in [0.29, 0.717) is 5.56 Å². The van der Waals surface area contributed by atoms with Crippen LogP contribution in [0.5, 0.6) is 0 Å². The molecular formula is C23H23FO4S. The van der Waals surface area contributed by atoms with Gasteiger partial charge in [-0.25, -0.2) is 4.39 Å². The van der Waals surface area contributed by atoms with Gasteiger partial charge in [-0.1, -0.05) is 54.1 Å². The second kappa shape index (κ2) is 8.45. The van der Waals surface area contributed by atoms with E-state index in [0.717, 1.165) is 16.7 Å². The first-order valence-corrected chi connectivity index (χ1v) is 10.6. The fourth-order valence-electron chi connectivity index (χ4n) is 2.93. The minimum atomic E-state index is -3.87. The number of hydrogen-bond acceptors (Lipinski definition) is 4. The van der Waals surface area contributed by atoms with E-state index in [2.05, 4.69) is 0 Å². The number of aryl methyl sites for hydroxylation is 1. The number of halogens is 1. The molecule has 6 heteroatoms. The lowest BCUT2D eigenvalue weighted by atomic mass is 9.91. The molecule has 0 aliphatic heterocycles. The second-order valence-corrected chi connectivity index (χ2v) is 8.81. The van der Waals surface area contributed by atoms with Crippen molar-refractivity contribution in [1.82, 2.24) is 0 Å². The fraction of sp³-hybridized carbons (Fsp3) is 0.217. The van der Waals surface area contributed by atoms with Gasteiger partial charge in [0, 0.05) is 6.42 Å². The Bertz CT molecular complexity index is 1060. The molecule has 1 unspecified atom stereocenters. The van der Waals surface area contributed by atoms with E-state index < -0.39 is 15.7 Å². The molecule has 0 aromatic heterocycles. The number of hydrogen-bond donors (Lipinski definition) is 1. The molecule has 29 heavy (non-hydrogen) atoms. The Morgan fingerprint density at radius 1 is 0.897 bits per heavy atom. The lowest BCUT2D eigenvalue weighted by Crippen LogP contribution is -2.24. The summed E-state index contributed by atoms with van der Waals surface area (Å²) in [6, 6.07) is 19.8.